The van der Waals surface area contributed by atoms with E-state index in [2.05, 4.69) is 10.6 Å². The zero-order valence-electron chi connectivity index (χ0n) is 17.3. The normalized spacial score (nSPS) is 26.8. The van der Waals surface area contributed by atoms with Gasteiger partial charge in [-0.15, -0.1) is 11.8 Å². The maximum Gasteiger partial charge on any atom is 0.327 e. The monoisotopic (exact) mass is 450 g/mol. The van der Waals surface area contributed by atoms with Crippen LogP contribution in [0.1, 0.15) is 32.4 Å². The summed E-state index contributed by atoms with van der Waals surface area (Å²) >= 11 is 1.31. The molecule has 3 amide bonds. The number of carboxylic acid groups (broad SMARTS) is 1. The van der Waals surface area contributed by atoms with E-state index in [1.165, 1.54) is 23.6 Å². The fourth-order valence-corrected chi connectivity index (χ4v) is 5.41. The van der Waals surface area contributed by atoms with Crippen LogP contribution in [0.15, 0.2) is 30.3 Å². The van der Waals surface area contributed by atoms with E-state index in [0.717, 1.165) is 0 Å². The Labute approximate surface area is 183 Å². The van der Waals surface area contributed by atoms with Crippen LogP contribution in [-0.4, -0.2) is 73.2 Å². The lowest BCUT2D eigenvalue weighted by atomic mass is 9.95. The Morgan fingerprint density at radius 2 is 1.81 bits per heavy atom. The molecule has 2 heterocycles. The Hall–Kier alpha value is -2.63. The van der Waals surface area contributed by atoms with Crippen molar-refractivity contribution in [2.75, 3.05) is 0 Å². The van der Waals surface area contributed by atoms with Gasteiger partial charge in [0, 0.05) is 4.75 Å². The smallest absolute Gasteiger partial charge is 0.327 e. The van der Waals surface area contributed by atoms with Crippen molar-refractivity contribution in [2.24, 2.45) is 5.73 Å². The van der Waals surface area contributed by atoms with E-state index in [4.69, 9.17) is 5.73 Å². The van der Waals surface area contributed by atoms with Crippen molar-refractivity contribution in [2.45, 2.75) is 61.2 Å². The fraction of sp³-hybridized carbons (Fsp3) is 0.500. The molecule has 0 bridgehead atoms. The topological polar surface area (TPSA) is 162 Å². The Bertz CT molecular complexity index is 893. The number of fused-ring (bicyclic) bond motifs is 1. The molecule has 10 nitrogen and oxygen atoms in total. The number of amides is 3. The maximum absolute atomic E-state index is 13.1. The van der Waals surface area contributed by atoms with Gasteiger partial charge < -0.3 is 31.5 Å². The van der Waals surface area contributed by atoms with E-state index in [1.807, 2.05) is 0 Å². The van der Waals surface area contributed by atoms with Crippen molar-refractivity contribution in [1.29, 1.82) is 0 Å². The zero-order valence-corrected chi connectivity index (χ0v) is 18.1. The number of nitrogens with zero attached hydrogens (tertiary/aromatic N) is 1. The van der Waals surface area contributed by atoms with E-state index < -0.39 is 64.1 Å². The van der Waals surface area contributed by atoms with Gasteiger partial charge in [-0.1, -0.05) is 30.3 Å². The number of aliphatic carboxylic acids is 1. The van der Waals surface area contributed by atoms with Crippen molar-refractivity contribution in [3.8, 4) is 0 Å². The van der Waals surface area contributed by atoms with Crippen molar-refractivity contribution >= 4 is 35.5 Å². The molecule has 6 N–H and O–H groups in total. The number of nitrogens with one attached hydrogen (secondary N) is 2. The molecule has 2 fully saturated rings. The summed E-state index contributed by atoms with van der Waals surface area (Å²) in [4.78, 5) is 51.0. The van der Waals surface area contributed by atoms with Gasteiger partial charge in [0.1, 0.15) is 29.5 Å². The number of hydrogen-bond donors (Lipinski definition) is 5. The maximum atomic E-state index is 13.1. The number of benzene rings is 1. The number of β-lactam (4-membered cyclic amide) rings is 1. The van der Waals surface area contributed by atoms with Crippen LogP contribution in [0.5, 0.6) is 0 Å². The third-order valence-electron chi connectivity index (χ3n) is 5.48. The summed E-state index contributed by atoms with van der Waals surface area (Å²) in [6.45, 7) is 4.85. The molecule has 1 aromatic carbocycles. The number of carbonyl (C=O) groups excluding carboxylic acids is 3. The lowest BCUT2D eigenvalue weighted by Gasteiger charge is -2.44. The second kappa shape index (κ2) is 8.48. The molecule has 11 heteroatoms. The van der Waals surface area contributed by atoms with Gasteiger partial charge in [0.15, 0.2) is 0 Å². The molecule has 0 aliphatic carbocycles. The number of hydrogen-bond acceptors (Lipinski definition) is 7. The Morgan fingerprint density at radius 3 is 2.35 bits per heavy atom. The lowest BCUT2D eigenvalue weighted by molar-refractivity contribution is -0.161. The van der Waals surface area contributed by atoms with Gasteiger partial charge in [0.05, 0.1) is 6.10 Å². The third-order valence-corrected chi connectivity index (χ3v) is 7.05. The molecule has 31 heavy (non-hydrogen) atoms. The van der Waals surface area contributed by atoms with Gasteiger partial charge in [-0.2, -0.15) is 0 Å². The number of thioether (sulfide) groups is 1. The first-order valence-corrected chi connectivity index (χ1v) is 10.7. The Balaban J connectivity index is 1.78. The molecule has 0 spiro atoms. The molecule has 3 rings (SSSR count). The number of nitrogens with two attached hydrogens (primary N) is 1. The highest BCUT2D eigenvalue weighted by Gasteiger charge is 2.64. The highest BCUT2D eigenvalue weighted by Crippen LogP contribution is 2.50. The van der Waals surface area contributed by atoms with Crippen LogP contribution in [0.4, 0.5) is 0 Å². The molecule has 0 saturated carbocycles. The minimum atomic E-state index is -1.23. The van der Waals surface area contributed by atoms with Gasteiger partial charge in [0.2, 0.25) is 17.7 Å². The van der Waals surface area contributed by atoms with Crippen LogP contribution >= 0.6 is 11.8 Å². The molecule has 6 atom stereocenters. The molecule has 1 unspecified atom stereocenters. The third kappa shape index (κ3) is 4.25. The average Bonchev–Trinajstić information content (AvgIpc) is 2.97. The molecular weight excluding hydrogens is 424 g/mol. The summed E-state index contributed by atoms with van der Waals surface area (Å²) in [5, 5.41) is 23.7. The van der Waals surface area contributed by atoms with Crippen LogP contribution in [-0.2, 0) is 19.2 Å². The first-order valence-electron chi connectivity index (χ1n) is 9.78. The van der Waals surface area contributed by atoms with E-state index in [9.17, 15) is 29.4 Å². The van der Waals surface area contributed by atoms with Gasteiger partial charge in [-0.25, -0.2) is 4.79 Å². The van der Waals surface area contributed by atoms with Gasteiger partial charge >= 0.3 is 5.97 Å². The summed E-state index contributed by atoms with van der Waals surface area (Å²) in [5.41, 5.74) is 6.15. The first kappa shape index (κ1) is 23.0. The number of carbonyl (C=O) groups is 4. The number of aliphatic hydroxyl groups excluding tert-OH is 1. The summed E-state index contributed by atoms with van der Waals surface area (Å²) in [5.74, 6) is -2.93. The largest absolute Gasteiger partial charge is 0.480 e. The van der Waals surface area contributed by atoms with Gasteiger partial charge in [-0.3, -0.25) is 14.4 Å². The predicted molar refractivity (Wildman–Crippen MR) is 113 cm³/mol. The minimum absolute atomic E-state index is 0.470. The van der Waals surface area contributed by atoms with Gasteiger partial charge in [0.25, 0.3) is 0 Å². The summed E-state index contributed by atoms with van der Waals surface area (Å²) in [6, 6.07) is 4.14. The number of carboxylic acids is 1. The lowest BCUT2D eigenvalue weighted by Crippen LogP contribution is -2.71. The highest BCUT2D eigenvalue weighted by molar-refractivity contribution is 8.01. The quantitative estimate of drug-likeness (QED) is 0.337. The minimum Gasteiger partial charge on any atom is -0.480 e. The van der Waals surface area contributed by atoms with Gasteiger partial charge in [-0.05, 0) is 26.3 Å². The molecular formula is C20H26N4O6S. The molecule has 2 saturated heterocycles. The van der Waals surface area contributed by atoms with Crippen LogP contribution in [0.3, 0.4) is 0 Å². The summed E-state index contributed by atoms with van der Waals surface area (Å²) in [7, 11) is 0. The Kier molecular flexibility index (Phi) is 6.30. The van der Waals surface area contributed by atoms with Crippen molar-refractivity contribution in [1.82, 2.24) is 15.5 Å². The molecule has 0 aromatic heterocycles. The fourth-order valence-electron chi connectivity index (χ4n) is 3.79. The number of rotatable bonds is 7. The molecule has 1 aromatic rings. The summed E-state index contributed by atoms with van der Waals surface area (Å²) < 4.78 is -0.720. The molecule has 2 aliphatic heterocycles. The second-order valence-corrected chi connectivity index (χ2v) is 9.97. The average molecular weight is 451 g/mol. The standard InChI is InChI=1S/C20H26N4O6S/c1-9(25)11(21)15(26)22-12(10-7-5-4-6-8-10)16(27)23-13-17(28)24-14(19(29)30)20(2,3)31-18(13)24/h4-9,11-14,18,25H,21H2,1-3H3,(H,22,26)(H,23,27)(H,29,30)/t9-,11+,12?,13-,14+,18-/m1/s1. The zero-order chi connectivity index (χ0) is 23.1. The van der Waals surface area contributed by atoms with E-state index in [0.29, 0.717) is 5.56 Å². The predicted octanol–water partition coefficient (Wildman–Crippen LogP) is -0.816. The second-order valence-electron chi connectivity index (χ2n) is 8.20. The van der Waals surface area contributed by atoms with Crippen LogP contribution in [0.25, 0.3) is 0 Å². The van der Waals surface area contributed by atoms with Crippen LogP contribution in [0, 0.1) is 0 Å². The molecule has 2 aliphatic rings. The van der Waals surface area contributed by atoms with E-state index >= 15 is 0 Å². The van der Waals surface area contributed by atoms with Crippen molar-refractivity contribution in [3.63, 3.8) is 0 Å². The van der Waals surface area contributed by atoms with Crippen LogP contribution < -0.4 is 16.4 Å². The summed E-state index contributed by atoms with van der Waals surface area (Å²) in [6.07, 6.45) is -1.12. The van der Waals surface area contributed by atoms with E-state index in [-0.39, 0.29) is 0 Å². The van der Waals surface area contributed by atoms with Crippen molar-refractivity contribution in [3.05, 3.63) is 35.9 Å². The highest BCUT2D eigenvalue weighted by atomic mass is 32.2. The molecule has 168 valence electrons. The van der Waals surface area contributed by atoms with Crippen molar-refractivity contribution < 1.29 is 29.4 Å². The Morgan fingerprint density at radius 1 is 1.19 bits per heavy atom. The SMILES string of the molecule is C[C@@H](O)[C@H](N)C(=O)NC(C(=O)N[C@@H]1C(=O)N2[C@@H]1SC(C)(C)[C@@H]2C(=O)O)c1ccccc1. The molecule has 0 radical (unpaired) electrons. The number of aliphatic hydroxyl groups is 1. The van der Waals surface area contributed by atoms with Crippen LogP contribution in [0.2, 0.25) is 0 Å². The van der Waals surface area contributed by atoms with E-state index in [1.54, 1.807) is 44.2 Å². The first-order chi connectivity index (χ1) is 14.5.